The predicted molar refractivity (Wildman–Crippen MR) is 132 cm³/mol. The molecule has 4 heterocycles. The van der Waals surface area contributed by atoms with E-state index in [1.165, 1.54) is 5.56 Å². The summed E-state index contributed by atoms with van der Waals surface area (Å²) >= 11 is 1.89. The van der Waals surface area contributed by atoms with Crippen molar-refractivity contribution in [1.29, 1.82) is 0 Å². The van der Waals surface area contributed by atoms with E-state index in [1.54, 1.807) is 4.88 Å². The van der Waals surface area contributed by atoms with Crippen molar-refractivity contribution in [3.63, 3.8) is 0 Å². The van der Waals surface area contributed by atoms with Crippen molar-refractivity contribution in [1.82, 2.24) is 20.0 Å². The molecule has 0 saturated carbocycles. The van der Waals surface area contributed by atoms with Crippen LogP contribution in [0, 0.1) is 0 Å². The van der Waals surface area contributed by atoms with Gasteiger partial charge in [-0.3, -0.25) is 9.89 Å². The molecule has 30 heavy (non-hydrogen) atoms. The fourth-order valence-corrected chi connectivity index (χ4v) is 5.13. The van der Waals surface area contributed by atoms with Crippen molar-refractivity contribution >= 4 is 47.4 Å². The summed E-state index contributed by atoms with van der Waals surface area (Å²) in [5.41, 5.74) is 1.03. The van der Waals surface area contributed by atoms with E-state index in [2.05, 4.69) is 33.5 Å². The average Bonchev–Trinajstić information content (AvgIpc) is 3.30. The summed E-state index contributed by atoms with van der Waals surface area (Å²) in [6, 6.07) is 2.97. The molecule has 2 atom stereocenters. The molecule has 0 aromatic carbocycles. The molecule has 1 fully saturated rings. The zero-order valence-corrected chi connectivity index (χ0v) is 21.5. The van der Waals surface area contributed by atoms with Crippen LogP contribution in [-0.2, 0) is 17.7 Å². The lowest BCUT2D eigenvalue weighted by Crippen LogP contribution is -2.58. The van der Waals surface area contributed by atoms with Gasteiger partial charge in [-0.2, -0.15) is 0 Å². The van der Waals surface area contributed by atoms with Gasteiger partial charge in [0, 0.05) is 50.2 Å². The van der Waals surface area contributed by atoms with Crippen molar-refractivity contribution in [2.45, 2.75) is 58.3 Å². The Labute approximate surface area is 200 Å². The van der Waals surface area contributed by atoms with Crippen LogP contribution in [0.5, 0.6) is 0 Å². The number of nitrogens with one attached hydrogen (secondary N) is 1. The number of thiophene rings is 1. The number of amides is 1. The lowest BCUT2D eigenvalue weighted by molar-refractivity contribution is 0.0137. The predicted octanol–water partition coefficient (Wildman–Crippen LogP) is 2.99. The second-order valence-electron chi connectivity index (χ2n) is 9.26. The van der Waals surface area contributed by atoms with Crippen LogP contribution in [-0.4, -0.2) is 83.7 Å². The number of piperazine rings is 1. The van der Waals surface area contributed by atoms with E-state index < -0.39 is 5.60 Å². The first-order chi connectivity index (χ1) is 13.8. The summed E-state index contributed by atoms with van der Waals surface area (Å²) in [7, 11) is 0. The Balaban J connectivity index is 0.00000256. The number of hydrogen-bond acceptors (Lipinski definition) is 7. The van der Waals surface area contributed by atoms with E-state index in [0.29, 0.717) is 19.1 Å². The largest absolute Gasteiger partial charge is 0.444 e. The molecule has 1 aromatic heterocycles. The number of carbonyl (C=O) groups excluding carboxylic acids is 1. The Morgan fingerprint density at radius 1 is 1.37 bits per heavy atom. The summed E-state index contributed by atoms with van der Waals surface area (Å²) in [6.45, 7) is 13.9. The van der Waals surface area contributed by atoms with Crippen LogP contribution in [0.3, 0.4) is 0 Å². The van der Waals surface area contributed by atoms with E-state index in [1.807, 2.05) is 37.0 Å². The van der Waals surface area contributed by atoms with Gasteiger partial charge in [-0.1, -0.05) is 0 Å². The summed E-state index contributed by atoms with van der Waals surface area (Å²) in [4.78, 5) is 25.3. The highest BCUT2D eigenvalue weighted by molar-refractivity contribution is 14.0. The lowest BCUT2D eigenvalue weighted by Gasteiger charge is -2.39. The van der Waals surface area contributed by atoms with Gasteiger partial charge < -0.3 is 19.9 Å². The van der Waals surface area contributed by atoms with Gasteiger partial charge in [0.2, 0.25) is 0 Å². The quantitative estimate of drug-likeness (QED) is 0.590. The van der Waals surface area contributed by atoms with Gasteiger partial charge in [-0.05, 0) is 51.1 Å². The first kappa shape index (κ1) is 23.6. The minimum absolute atomic E-state index is 0. The fourth-order valence-electron chi connectivity index (χ4n) is 4.24. The molecule has 0 aliphatic carbocycles. The van der Waals surface area contributed by atoms with Crippen LogP contribution in [0.25, 0.3) is 0 Å². The number of guanidine groups is 1. The van der Waals surface area contributed by atoms with E-state index in [4.69, 9.17) is 9.73 Å². The molecule has 1 aromatic rings. The SMILES string of the molecule is CC(CNC1=NCC2CN(C(=O)OC(C)(C)C)CCN12)N1CCc2sccc2C1.I. The number of nitrogens with zero attached hydrogens (tertiary/aromatic N) is 4. The zero-order chi connectivity index (χ0) is 20.6. The highest BCUT2D eigenvalue weighted by Gasteiger charge is 2.36. The van der Waals surface area contributed by atoms with Crippen molar-refractivity contribution < 1.29 is 9.53 Å². The van der Waals surface area contributed by atoms with Crippen molar-refractivity contribution in [3.8, 4) is 0 Å². The van der Waals surface area contributed by atoms with Gasteiger partial charge in [0.15, 0.2) is 5.96 Å². The van der Waals surface area contributed by atoms with E-state index >= 15 is 0 Å². The highest BCUT2D eigenvalue weighted by Crippen LogP contribution is 2.25. The van der Waals surface area contributed by atoms with Gasteiger partial charge in [-0.15, -0.1) is 35.3 Å². The van der Waals surface area contributed by atoms with E-state index in [0.717, 1.165) is 45.1 Å². The molecule has 2 unspecified atom stereocenters. The van der Waals surface area contributed by atoms with Crippen LogP contribution in [0.2, 0.25) is 0 Å². The molecule has 3 aliphatic heterocycles. The van der Waals surface area contributed by atoms with Crippen LogP contribution >= 0.6 is 35.3 Å². The molecule has 168 valence electrons. The normalized spacial score (nSPS) is 22.5. The number of halogens is 1. The van der Waals surface area contributed by atoms with Crippen molar-refractivity contribution in [2.75, 3.05) is 39.3 Å². The number of fused-ring (bicyclic) bond motifs is 2. The molecule has 1 N–H and O–H groups in total. The minimum atomic E-state index is -0.457. The van der Waals surface area contributed by atoms with Gasteiger partial charge in [-0.25, -0.2) is 4.79 Å². The first-order valence-electron chi connectivity index (χ1n) is 10.6. The molecule has 7 nitrogen and oxygen atoms in total. The Bertz CT molecular complexity index is 778. The second kappa shape index (κ2) is 9.60. The highest BCUT2D eigenvalue weighted by atomic mass is 127. The molecule has 3 aliphatic rings. The van der Waals surface area contributed by atoms with Crippen LogP contribution in [0.4, 0.5) is 4.79 Å². The summed E-state index contributed by atoms with van der Waals surface area (Å²) in [5.74, 6) is 0.985. The maximum Gasteiger partial charge on any atom is 0.410 e. The van der Waals surface area contributed by atoms with Gasteiger partial charge >= 0.3 is 6.09 Å². The van der Waals surface area contributed by atoms with Gasteiger partial charge in [0.05, 0.1) is 12.6 Å². The standard InChI is InChI=1S/C21H33N5O2S.HI/c1-15(24-7-5-18-16(13-24)6-10-29-18)11-22-19-23-12-17-14-25(8-9-26(17)19)20(27)28-21(2,3)4;/h6,10,15,17H,5,7-9,11-14H2,1-4H3,(H,22,23);1H. The average molecular weight is 548 g/mol. The first-order valence-corrected chi connectivity index (χ1v) is 11.5. The smallest absolute Gasteiger partial charge is 0.410 e. The number of aliphatic imine (C=N–C) groups is 1. The van der Waals surface area contributed by atoms with Crippen molar-refractivity contribution in [3.05, 3.63) is 21.9 Å². The molecular formula is C21H34IN5O2S. The van der Waals surface area contributed by atoms with Gasteiger partial charge in [0.1, 0.15) is 5.60 Å². The molecule has 1 amide bonds. The molecule has 0 spiro atoms. The molecule has 9 heteroatoms. The van der Waals surface area contributed by atoms with Crippen LogP contribution in [0.1, 0.15) is 38.1 Å². The Hall–Kier alpha value is -1.07. The zero-order valence-electron chi connectivity index (χ0n) is 18.4. The number of ether oxygens (including phenoxy) is 1. The maximum atomic E-state index is 12.4. The monoisotopic (exact) mass is 547 g/mol. The van der Waals surface area contributed by atoms with Crippen LogP contribution < -0.4 is 5.32 Å². The maximum absolute atomic E-state index is 12.4. The van der Waals surface area contributed by atoms with E-state index in [9.17, 15) is 4.79 Å². The van der Waals surface area contributed by atoms with Crippen molar-refractivity contribution in [2.24, 2.45) is 4.99 Å². The topological polar surface area (TPSA) is 60.4 Å². The van der Waals surface area contributed by atoms with Gasteiger partial charge in [0.25, 0.3) is 0 Å². The fraction of sp³-hybridized carbons (Fsp3) is 0.714. The molecular weight excluding hydrogens is 513 g/mol. The Kier molecular flexibility index (Phi) is 7.55. The summed E-state index contributed by atoms with van der Waals surface area (Å²) in [5, 5.41) is 5.79. The third-order valence-corrected chi connectivity index (χ3v) is 6.90. The second-order valence-corrected chi connectivity index (χ2v) is 10.3. The molecule has 4 rings (SSSR count). The molecule has 1 saturated heterocycles. The Morgan fingerprint density at radius 2 is 2.17 bits per heavy atom. The lowest BCUT2D eigenvalue weighted by atomic mass is 10.1. The number of carbonyl (C=O) groups is 1. The van der Waals surface area contributed by atoms with E-state index in [-0.39, 0.29) is 36.1 Å². The Morgan fingerprint density at radius 3 is 2.93 bits per heavy atom. The van der Waals surface area contributed by atoms with Crippen LogP contribution in [0.15, 0.2) is 16.4 Å². The molecule has 0 radical (unpaired) electrons. The number of rotatable bonds is 3. The summed E-state index contributed by atoms with van der Waals surface area (Å²) in [6.07, 6.45) is 0.942. The minimum Gasteiger partial charge on any atom is -0.444 e. The third kappa shape index (κ3) is 5.40. The number of hydrogen-bond donors (Lipinski definition) is 1. The molecule has 0 bridgehead atoms. The third-order valence-electron chi connectivity index (χ3n) is 5.87. The summed E-state index contributed by atoms with van der Waals surface area (Å²) < 4.78 is 5.53.